The van der Waals surface area contributed by atoms with Gasteiger partial charge in [-0.25, -0.2) is 0 Å². The van der Waals surface area contributed by atoms with Gasteiger partial charge in [0.1, 0.15) is 6.29 Å². The van der Waals surface area contributed by atoms with Crippen molar-refractivity contribution in [1.82, 2.24) is 0 Å². The minimum Gasteiger partial charge on any atom is -0.393 e. The lowest BCUT2D eigenvalue weighted by molar-refractivity contribution is -0.114. The molecule has 2 aliphatic rings. The lowest BCUT2D eigenvalue weighted by Crippen LogP contribution is -2.30. The van der Waals surface area contributed by atoms with E-state index in [0.717, 1.165) is 19.1 Å². The summed E-state index contributed by atoms with van der Waals surface area (Å²) in [6.45, 7) is 0. The Labute approximate surface area is 83.4 Å². The first kappa shape index (κ1) is 9.87. The number of rotatable bonds is 1. The first-order valence-electron chi connectivity index (χ1n) is 5.22. The fraction of sp³-hybridized carbons (Fsp3) is 0.727. The molecule has 0 saturated heterocycles. The molecule has 78 valence electrons. The molecule has 0 bridgehead atoms. The van der Waals surface area contributed by atoms with Crippen molar-refractivity contribution in [3.63, 3.8) is 0 Å². The van der Waals surface area contributed by atoms with Crippen molar-refractivity contribution >= 4 is 6.29 Å². The van der Waals surface area contributed by atoms with Crippen LogP contribution in [0.1, 0.15) is 32.1 Å². The van der Waals surface area contributed by atoms with Gasteiger partial charge in [0.15, 0.2) is 0 Å². The summed E-state index contributed by atoms with van der Waals surface area (Å²) in [5.41, 5.74) is 2.49. The lowest BCUT2D eigenvalue weighted by atomic mass is 9.75. The first-order chi connectivity index (χ1) is 6.70. The molecule has 0 aliphatic heterocycles. The highest BCUT2D eigenvalue weighted by Gasteiger charge is 2.31. The maximum Gasteiger partial charge on any atom is 0.125 e. The molecule has 3 atom stereocenters. The average Bonchev–Trinajstić information content (AvgIpc) is 2.17. The molecule has 2 rings (SSSR count). The Hall–Kier alpha value is -0.670. The molecule has 3 nitrogen and oxygen atoms in total. The van der Waals surface area contributed by atoms with Crippen LogP contribution in [0.2, 0.25) is 0 Å². The second-order valence-electron chi connectivity index (χ2n) is 4.38. The molecule has 0 saturated carbocycles. The summed E-state index contributed by atoms with van der Waals surface area (Å²) in [5, 5.41) is 19.1. The Morgan fingerprint density at radius 1 is 1.14 bits per heavy atom. The Balaban J connectivity index is 2.15. The maximum absolute atomic E-state index is 10.7. The summed E-state index contributed by atoms with van der Waals surface area (Å²) in [5.74, 6) is -0.251. The number of carbonyl (C=O) groups excluding carboxylic acids is 1. The van der Waals surface area contributed by atoms with Gasteiger partial charge >= 0.3 is 0 Å². The van der Waals surface area contributed by atoms with Gasteiger partial charge in [-0.1, -0.05) is 11.1 Å². The van der Waals surface area contributed by atoms with Crippen LogP contribution in [0.3, 0.4) is 0 Å². The Bertz CT molecular complexity index is 270. The van der Waals surface area contributed by atoms with E-state index in [9.17, 15) is 15.0 Å². The van der Waals surface area contributed by atoms with Crippen molar-refractivity contribution in [3.05, 3.63) is 11.1 Å². The van der Waals surface area contributed by atoms with Crippen molar-refractivity contribution in [2.24, 2.45) is 5.92 Å². The van der Waals surface area contributed by atoms with E-state index in [2.05, 4.69) is 0 Å². The van der Waals surface area contributed by atoms with E-state index in [1.54, 1.807) is 0 Å². The van der Waals surface area contributed by atoms with Crippen LogP contribution in [-0.4, -0.2) is 28.7 Å². The second-order valence-corrected chi connectivity index (χ2v) is 4.38. The van der Waals surface area contributed by atoms with Crippen LogP contribution in [0, 0.1) is 5.92 Å². The number of hydrogen-bond acceptors (Lipinski definition) is 3. The largest absolute Gasteiger partial charge is 0.393 e. The van der Waals surface area contributed by atoms with Crippen molar-refractivity contribution in [1.29, 1.82) is 0 Å². The number of aliphatic hydroxyl groups is 2. The Morgan fingerprint density at radius 3 is 2.64 bits per heavy atom. The van der Waals surface area contributed by atoms with Gasteiger partial charge < -0.3 is 15.0 Å². The Morgan fingerprint density at radius 2 is 1.93 bits per heavy atom. The average molecular weight is 196 g/mol. The molecule has 0 spiro atoms. The second kappa shape index (κ2) is 3.83. The molecule has 2 N–H and O–H groups in total. The summed E-state index contributed by atoms with van der Waals surface area (Å²) in [6.07, 6.45) is 3.78. The summed E-state index contributed by atoms with van der Waals surface area (Å²) in [6, 6.07) is 0. The third-order valence-corrected chi connectivity index (χ3v) is 3.37. The number of carbonyl (C=O) groups is 1. The molecule has 0 aromatic rings. The predicted octanol–water partition coefficient (Wildman–Crippen LogP) is 0.798. The van der Waals surface area contributed by atoms with Gasteiger partial charge in [0.2, 0.25) is 0 Å². The molecule has 2 unspecified atom stereocenters. The summed E-state index contributed by atoms with van der Waals surface area (Å²) >= 11 is 0. The van der Waals surface area contributed by atoms with Crippen molar-refractivity contribution in [2.75, 3.05) is 0 Å². The minimum absolute atomic E-state index is 0.240. The fourth-order valence-corrected chi connectivity index (χ4v) is 2.49. The molecule has 0 aromatic carbocycles. The van der Waals surface area contributed by atoms with E-state index in [0.29, 0.717) is 19.3 Å². The van der Waals surface area contributed by atoms with Gasteiger partial charge in [-0.3, -0.25) is 0 Å². The van der Waals surface area contributed by atoms with Gasteiger partial charge in [-0.05, 0) is 32.1 Å². The van der Waals surface area contributed by atoms with Crippen molar-refractivity contribution in [2.45, 2.75) is 44.3 Å². The highest BCUT2D eigenvalue weighted by molar-refractivity contribution is 5.56. The summed E-state index contributed by atoms with van der Waals surface area (Å²) in [4.78, 5) is 10.7. The zero-order valence-electron chi connectivity index (χ0n) is 8.15. The minimum atomic E-state index is -0.499. The molecule has 0 fully saturated rings. The van der Waals surface area contributed by atoms with E-state index in [1.807, 2.05) is 0 Å². The zero-order valence-corrected chi connectivity index (χ0v) is 8.15. The van der Waals surface area contributed by atoms with Gasteiger partial charge in [0.25, 0.3) is 0 Å². The predicted molar refractivity (Wildman–Crippen MR) is 51.7 cm³/mol. The van der Waals surface area contributed by atoms with Crippen LogP contribution in [-0.2, 0) is 4.79 Å². The van der Waals surface area contributed by atoms with E-state index < -0.39 is 6.10 Å². The molecule has 3 heteroatoms. The zero-order chi connectivity index (χ0) is 10.1. The van der Waals surface area contributed by atoms with E-state index >= 15 is 0 Å². The molecule has 0 heterocycles. The Kier molecular flexibility index (Phi) is 2.70. The van der Waals surface area contributed by atoms with Crippen LogP contribution < -0.4 is 0 Å². The fourth-order valence-electron chi connectivity index (χ4n) is 2.49. The molecular weight excluding hydrogens is 180 g/mol. The summed E-state index contributed by atoms with van der Waals surface area (Å²) in [7, 11) is 0. The smallest absolute Gasteiger partial charge is 0.125 e. The standard InChI is InChI=1S/C11H16O3/c12-6-9-3-8-4-10(13)2-1-7(8)5-11(9)14/h6,9-11,13-14H,1-5H2/t9-,10?,11?/m1/s1. The van der Waals surface area contributed by atoms with Crippen LogP contribution in [0.5, 0.6) is 0 Å². The van der Waals surface area contributed by atoms with Gasteiger partial charge in [-0.2, -0.15) is 0 Å². The van der Waals surface area contributed by atoms with Crippen LogP contribution >= 0.6 is 0 Å². The number of aldehydes is 1. The number of hydrogen-bond donors (Lipinski definition) is 2. The number of aliphatic hydroxyl groups excluding tert-OH is 2. The molecule has 2 aliphatic carbocycles. The topological polar surface area (TPSA) is 57.5 Å². The maximum atomic E-state index is 10.7. The van der Waals surface area contributed by atoms with Gasteiger partial charge in [-0.15, -0.1) is 0 Å². The van der Waals surface area contributed by atoms with Crippen molar-refractivity contribution in [3.8, 4) is 0 Å². The SMILES string of the molecule is O=C[C@H]1CC2=C(CCC(O)C2)CC1O. The quantitative estimate of drug-likeness (QED) is 0.481. The van der Waals surface area contributed by atoms with E-state index in [1.165, 1.54) is 11.1 Å². The molecule has 0 radical (unpaired) electrons. The van der Waals surface area contributed by atoms with Gasteiger partial charge in [0.05, 0.1) is 12.2 Å². The molecular formula is C11H16O3. The van der Waals surface area contributed by atoms with Crippen LogP contribution in [0.4, 0.5) is 0 Å². The molecule has 0 aromatic heterocycles. The van der Waals surface area contributed by atoms with E-state index in [-0.39, 0.29) is 12.0 Å². The monoisotopic (exact) mass is 196 g/mol. The van der Waals surface area contributed by atoms with Crippen LogP contribution in [0.25, 0.3) is 0 Å². The normalized spacial score (nSPS) is 38.0. The molecule has 0 amide bonds. The summed E-state index contributed by atoms with van der Waals surface area (Å²) < 4.78 is 0. The lowest BCUT2D eigenvalue weighted by Gasteiger charge is -2.33. The highest BCUT2D eigenvalue weighted by atomic mass is 16.3. The third kappa shape index (κ3) is 1.74. The van der Waals surface area contributed by atoms with E-state index in [4.69, 9.17) is 0 Å². The highest BCUT2D eigenvalue weighted by Crippen LogP contribution is 2.37. The molecule has 14 heavy (non-hydrogen) atoms. The third-order valence-electron chi connectivity index (χ3n) is 3.37. The van der Waals surface area contributed by atoms with Gasteiger partial charge in [0, 0.05) is 5.92 Å². The van der Waals surface area contributed by atoms with Crippen LogP contribution in [0.15, 0.2) is 11.1 Å². The first-order valence-corrected chi connectivity index (χ1v) is 5.22. The van der Waals surface area contributed by atoms with Crippen molar-refractivity contribution < 1.29 is 15.0 Å².